The number of aliphatic imine (C=N–C) groups is 1. The quantitative estimate of drug-likeness (QED) is 0.368. The molecule has 4 aromatic rings. The number of aromatic hydroxyl groups is 3. The standard InChI is InChI=1S/C24H17N3O3/c28-17-9-10-20-15(11-17)12-21(25-20)14-5-7-16(8-6-14)26-27-24-19-4-2-1-3-18(19)22(29)13-23(24)30/h1-11,13,28-30H,12H2/b27-26+. The Morgan fingerprint density at radius 3 is 2.30 bits per heavy atom. The van der Waals surface area contributed by atoms with Gasteiger partial charge in [-0.15, -0.1) is 5.11 Å². The van der Waals surface area contributed by atoms with Crippen LogP contribution in [0.1, 0.15) is 11.1 Å². The second kappa shape index (κ2) is 7.00. The molecule has 0 aromatic heterocycles. The van der Waals surface area contributed by atoms with Crippen LogP contribution < -0.4 is 0 Å². The molecular weight excluding hydrogens is 378 g/mol. The highest BCUT2D eigenvalue weighted by atomic mass is 16.3. The van der Waals surface area contributed by atoms with E-state index in [1.807, 2.05) is 42.5 Å². The van der Waals surface area contributed by atoms with E-state index in [1.54, 1.807) is 24.3 Å². The maximum Gasteiger partial charge on any atom is 0.147 e. The Morgan fingerprint density at radius 1 is 0.733 bits per heavy atom. The van der Waals surface area contributed by atoms with E-state index in [0.29, 0.717) is 28.6 Å². The summed E-state index contributed by atoms with van der Waals surface area (Å²) in [6.07, 6.45) is 0.665. The lowest BCUT2D eigenvalue weighted by molar-refractivity contribution is 0.456. The summed E-state index contributed by atoms with van der Waals surface area (Å²) in [6, 6.07) is 21.1. The molecule has 0 bridgehead atoms. The summed E-state index contributed by atoms with van der Waals surface area (Å²) in [6.45, 7) is 0. The minimum Gasteiger partial charge on any atom is -0.508 e. The van der Waals surface area contributed by atoms with Crippen molar-refractivity contribution in [2.24, 2.45) is 15.2 Å². The molecule has 0 unspecified atom stereocenters. The first-order chi connectivity index (χ1) is 14.6. The molecule has 30 heavy (non-hydrogen) atoms. The van der Waals surface area contributed by atoms with Gasteiger partial charge >= 0.3 is 0 Å². The molecule has 3 N–H and O–H groups in total. The van der Waals surface area contributed by atoms with E-state index >= 15 is 0 Å². The second-order valence-electron chi connectivity index (χ2n) is 7.10. The first kappa shape index (κ1) is 17.9. The molecule has 4 aromatic carbocycles. The van der Waals surface area contributed by atoms with Crippen molar-refractivity contribution in [2.45, 2.75) is 6.42 Å². The van der Waals surface area contributed by atoms with Crippen LogP contribution in [0.5, 0.6) is 17.2 Å². The fourth-order valence-corrected chi connectivity index (χ4v) is 3.61. The minimum absolute atomic E-state index is 0.00180. The number of azo groups is 1. The zero-order valence-corrected chi connectivity index (χ0v) is 15.8. The van der Waals surface area contributed by atoms with Crippen LogP contribution in [-0.2, 0) is 6.42 Å². The fraction of sp³-hybridized carbons (Fsp3) is 0.0417. The summed E-state index contributed by atoms with van der Waals surface area (Å²) < 4.78 is 0. The molecule has 6 nitrogen and oxygen atoms in total. The average Bonchev–Trinajstić information content (AvgIpc) is 3.17. The topological polar surface area (TPSA) is 97.8 Å². The average molecular weight is 395 g/mol. The van der Waals surface area contributed by atoms with Crippen molar-refractivity contribution in [3.8, 4) is 17.2 Å². The van der Waals surface area contributed by atoms with Crippen molar-refractivity contribution in [3.05, 3.63) is 83.9 Å². The van der Waals surface area contributed by atoms with Gasteiger partial charge in [0.2, 0.25) is 0 Å². The Hall–Kier alpha value is -4.19. The van der Waals surface area contributed by atoms with Crippen molar-refractivity contribution in [1.82, 2.24) is 0 Å². The van der Waals surface area contributed by atoms with E-state index in [1.165, 1.54) is 6.07 Å². The zero-order chi connectivity index (χ0) is 20.7. The van der Waals surface area contributed by atoms with Crippen LogP contribution in [0, 0.1) is 0 Å². The Kier molecular flexibility index (Phi) is 4.17. The van der Waals surface area contributed by atoms with Gasteiger partial charge in [0.1, 0.15) is 22.9 Å². The van der Waals surface area contributed by atoms with Crippen LogP contribution in [-0.4, -0.2) is 21.0 Å². The Balaban J connectivity index is 1.42. The highest BCUT2D eigenvalue weighted by Crippen LogP contribution is 2.41. The Labute approximate surface area is 172 Å². The number of hydrogen-bond donors (Lipinski definition) is 3. The summed E-state index contributed by atoms with van der Waals surface area (Å²) >= 11 is 0. The molecule has 5 rings (SSSR count). The largest absolute Gasteiger partial charge is 0.508 e. The smallest absolute Gasteiger partial charge is 0.147 e. The van der Waals surface area contributed by atoms with Crippen molar-refractivity contribution < 1.29 is 15.3 Å². The van der Waals surface area contributed by atoms with E-state index in [9.17, 15) is 15.3 Å². The number of rotatable bonds is 3. The van der Waals surface area contributed by atoms with E-state index in [4.69, 9.17) is 0 Å². The van der Waals surface area contributed by atoms with Crippen LogP contribution >= 0.6 is 0 Å². The summed E-state index contributed by atoms with van der Waals surface area (Å²) in [7, 11) is 0. The van der Waals surface area contributed by atoms with Crippen molar-refractivity contribution in [1.29, 1.82) is 0 Å². The SMILES string of the molecule is Oc1ccc2c(c1)CC(c1ccc(/N=N/c3c(O)cc(O)c4ccccc34)cc1)=N2. The number of benzene rings is 4. The van der Waals surface area contributed by atoms with Gasteiger partial charge in [-0.25, -0.2) is 0 Å². The number of nitrogens with zero attached hydrogens (tertiary/aromatic N) is 3. The van der Waals surface area contributed by atoms with Crippen LogP contribution in [0.15, 0.2) is 88.0 Å². The molecule has 1 aliphatic rings. The number of hydrogen-bond acceptors (Lipinski definition) is 6. The van der Waals surface area contributed by atoms with Gasteiger partial charge in [-0.05, 0) is 41.5 Å². The Bertz CT molecular complexity index is 1340. The monoisotopic (exact) mass is 395 g/mol. The van der Waals surface area contributed by atoms with Crippen LogP contribution in [0.3, 0.4) is 0 Å². The van der Waals surface area contributed by atoms with E-state index in [2.05, 4.69) is 15.2 Å². The molecule has 0 fully saturated rings. The van der Waals surface area contributed by atoms with Crippen molar-refractivity contribution >= 4 is 33.5 Å². The summed E-state index contributed by atoms with van der Waals surface area (Å²) in [4.78, 5) is 4.63. The van der Waals surface area contributed by atoms with Gasteiger partial charge in [0.05, 0.1) is 17.1 Å². The van der Waals surface area contributed by atoms with Gasteiger partial charge in [0, 0.05) is 23.3 Å². The third kappa shape index (κ3) is 3.14. The predicted octanol–water partition coefficient (Wildman–Crippen LogP) is 6.05. The van der Waals surface area contributed by atoms with Gasteiger partial charge in [0.15, 0.2) is 0 Å². The maximum atomic E-state index is 10.2. The molecule has 0 spiro atoms. The minimum atomic E-state index is -0.132. The second-order valence-corrected chi connectivity index (χ2v) is 7.10. The Morgan fingerprint density at radius 2 is 1.50 bits per heavy atom. The molecule has 0 atom stereocenters. The maximum absolute atomic E-state index is 10.2. The lowest BCUT2D eigenvalue weighted by Gasteiger charge is -2.06. The molecule has 146 valence electrons. The molecule has 0 saturated carbocycles. The zero-order valence-electron chi connectivity index (χ0n) is 15.8. The first-order valence-electron chi connectivity index (χ1n) is 9.44. The summed E-state index contributed by atoms with van der Waals surface area (Å²) in [5, 5.41) is 39.6. The van der Waals surface area contributed by atoms with Crippen LogP contribution in [0.25, 0.3) is 10.8 Å². The van der Waals surface area contributed by atoms with Crippen molar-refractivity contribution in [2.75, 3.05) is 0 Å². The lowest BCUT2D eigenvalue weighted by Crippen LogP contribution is -1.99. The van der Waals surface area contributed by atoms with Crippen LogP contribution in [0.4, 0.5) is 17.1 Å². The normalized spacial score (nSPS) is 13.0. The van der Waals surface area contributed by atoms with Gasteiger partial charge in [-0.1, -0.05) is 36.4 Å². The molecule has 0 radical (unpaired) electrons. The highest BCUT2D eigenvalue weighted by molar-refractivity contribution is 6.06. The molecule has 1 heterocycles. The number of phenols is 3. The third-order valence-electron chi connectivity index (χ3n) is 5.12. The lowest BCUT2D eigenvalue weighted by atomic mass is 10.0. The van der Waals surface area contributed by atoms with E-state index < -0.39 is 0 Å². The van der Waals surface area contributed by atoms with Gasteiger partial charge in [0.25, 0.3) is 0 Å². The molecular formula is C24H17N3O3. The first-order valence-corrected chi connectivity index (χ1v) is 9.44. The van der Waals surface area contributed by atoms with E-state index in [-0.39, 0.29) is 17.2 Å². The molecule has 0 amide bonds. The fourth-order valence-electron chi connectivity index (χ4n) is 3.61. The number of fused-ring (bicyclic) bond motifs is 2. The predicted molar refractivity (Wildman–Crippen MR) is 116 cm³/mol. The highest BCUT2D eigenvalue weighted by Gasteiger charge is 2.16. The van der Waals surface area contributed by atoms with Gasteiger partial charge < -0.3 is 15.3 Å². The molecule has 0 saturated heterocycles. The summed E-state index contributed by atoms with van der Waals surface area (Å²) in [5.41, 5.74) is 4.72. The molecule has 1 aliphatic heterocycles. The third-order valence-corrected chi connectivity index (χ3v) is 5.12. The van der Waals surface area contributed by atoms with E-state index in [0.717, 1.165) is 22.5 Å². The van der Waals surface area contributed by atoms with Gasteiger partial charge in [-0.2, -0.15) is 5.11 Å². The number of phenolic OH excluding ortho intramolecular Hbond substituents is 3. The van der Waals surface area contributed by atoms with Crippen molar-refractivity contribution in [3.63, 3.8) is 0 Å². The summed E-state index contributed by atoms with van der Waals surface area (Å²) in [5.74, 6) is 0.108. The van der Waals surface area contributed by atoms with Gasteiger partial charge in [-0.3, -0.25) is 4.99 Å². The van der Waals surface area contributed by atoms with Crippen LogP contribution in [0.2, 0.25) is 0 Å². The molecule has 0 aliphatic carbocycles. The molecule has 6 heteroatoms.